The smallest absolute Gasteiger partial charge is 0.335 e. The number of hydrogen-bond acceptors (Lipinski definition) is 5. The van der Waals surface area contributed by atoms with E-state index < -0.39 is 11.6 Å². The molecule has 0 aliphatic heterocycles. The van der Waals surface area contributed by atoms with Crippen LogP contribution < -0.4 is 10.5 Å². The topological polar surface area (TPSA) is 98.8 Å². The summed E-state index contributed by atoms with van der Waals surface area (Å²) in [6, 6.07) is 11.4. The quantitative estimate of drug-likeness (QED) is 0.768. The molecule has 26 heavy (non-hydrogen) atoms. The fraction of sp³-hybridized carbons (Fsp3) is 0.300. The largest absolute Gasteiger partial charge is 0.478 e. The van der Waals surface area contributed by atoms with Crippen molar-refractivity contribution < 1.29 is 24.2 Å². The number of hydrogen-bond donors (Lipinski definition) is 2. The molecular weight excluding hydrogens is 334 g/mol. The molecule has 2 aromatic rings. The lowest BCUT2D eigenvalue weighted by Crippen LogP contribution is -2.24. The molecule has 0 saturated carbocycles. The molecule has 6 heteroatoms. The lowest BCUT2D eigenvalue weighted by Gasteiger charge is -2.19. The Morgan fingerprint density at radius 1 is 1.08 bits per heavy atom. The summed E-state index contributed by atoms with van der Waals surface area (Å²) in [5, 5.41) is 8.93. The van der Waals surface area contributed by atoms with Gasteiger partial charge in [-0.15, -0.1) is 0 Å². The molecule has 0 spiro atoms. The van der Waals surface area contributed by atoms with Gasteiger partial charge in [-0.25, -0.2) is 4.79 Å². The van der Waals surface area contributed by atoms with Gasteiger partial charge < -0.3 is 20.3 Å². The zero-order valence-corrected chi connectivity index (χ0v) is 15.1. The molecule has 0 saturated heterocycles. The van der Waals surface area contributed by atoms with Gasteiger partial charge in [0.1, 0.15) is 17.1 Å². The van der Waals surface area contributed by atoms with E-state index in [0.29, 0.717) is 11.5 Å². The van der Waals surface area contributed by atoms with Crippen molar-refractivity contribution in [3.05, 3.63) is 59.2 Å². The van der Waals surface area contributed by atoms with Crippen molar-refractivity contribution in [3.8, 4) is 11.5 Å². The van der Waals surface area contributed by atoms with Crippen molar-refractivity contribution in [2.75, 3.05) is 0 Å². The van der Waals surface area contributed by atoms with Crippen LogP contribution in [0.2, 0.25) is 0 Å². The summed E-state index contributed by atoms with van der Waals surface area (Å²) in [7, 11) is 0. The third kappa shape index (κ3) is 5.60. The van der Waals surface area contributed by atoms with E-state index in [1.54, 1.807) is 24.3 Å². The van der Waals surface area contributed by atoms with Crippen LogP contribution in [0.5, 0.6) is 11.5 Å². The highest BCUT2D eigenvalue weighted by molar-refractivity contribution is 5.87. The van der Waals surface area contributed by atoms with Crippen LogP contribution in [0.25, 0.3) is 0 Å². The maximum absolute atomic E-state index is 12.0. The number of esters is 1. The van der Waals surface area contributed by atoms with E-state index in [0.717, 1.165) is 11.1 Å². The minimum atomic E-state index is -0.995. The molecule has 0 aliphatic carbocycles. The summed E-state index contributed by atoms with van der Waals surface area (Å²) < 4.78 is 11.1. The number of ether oxygens (including phenoxy) is 2. The van der Waals surface area contributed by atoms with Crippen LogP contribution in [0.15, 0.2) is 42.5 Å². The maximum atomic E-state index is 12.0. The van der Waals surface area contributed by atoms with Gasteiger partial charge in [0.25, 0.3) is 0 Å². The normalized spacial score (nSPS) is 11.1. The predicted molar refractivity (Wildman–Crippen MR) is 97.4 cm³/mol. The summed E-state index contributed by atoms with van der Waals surface area (Å²) in [6.07, 6.45) is 0.151. The molecule has 6 nitrogen and oxygen atoms in total. The highest BCUT2D eigenvalue weighted by atomic mass is 16.6. The zero-order chi connectivity index (χ0) is 19.3. The van der Waals surface area contributed by atoms with Crippen molar-refractivity contribution in [2.24, 2.45) is 5.73 Å². The van der Waals surface area contributed by atoms with E-state index in [9.17, 15) is 9.59 Å². The standard InChI is InChI=1S/C20H23NO5/c1-20(2,3)26-18(22)11-13-4-9-17(15(10-13)12-21)25-16-7-5-14(6-8-16)19(23)24/h4-10H,11-12,21H2,1-3H3,(H,23,24). The van der Waals surface area contributed by atoms with E-state index in [2.05, 4.69) is 0 Å². The molecule has 0 radical (unpaired) electrons. The minimum absolute atomic E-state index is 0.151. The van der Waals surface area contributed by atoms with Crippen LogP contribution in [0.1, 0.15) is 42.3 Å². The Labute approximate surface area is 152 Å². The molecule has 138 valence electrons. The van der Waals surface area contributed by atoms with Crippen LogP contribution in [0.4, 0.5) is 0 Å². The van der Waals surface area contributed by atoms with Gasteiger partial charge in [-0.1, -0.05) is 12.1 Å². The first-order valence-electron chi connectivity index (χ1n) is 8.23. The number of nitrogens with two attached hydrogens (primary N) is 1. The van der Waals surface area contributed by atoms with E-state index in [4.69, 9.17) is 20.3 Å². The van der Waals surface area contributed by atoms with Crippen molar-refractivity contribution >= 4 is 11.9 Å². The second kappa shape index (κ2) is 8.01. The molecule has 0 aromatic heterocycles. The van der Waals surface area contributed by atoms with Gasteiger partial charge in [0.2, 0.25) is 0 Å². The molecule has 0 unspecified atom stereocenters. The third-order valence-electron chi connectivity index (χ3n) is 3.44. The second-order valence-electron chi connectivity index (χ2n) is 6.84. The number of carboxylic acid groups (broad SMARTS) is 1. The van der Waals surface area contributed by atoms with Gasteiger partial charge in [0.15, 0.2) is 0 Å². The van der Waals surface area contributed by atoms with Gasteiger partial charge in [-0.3, -0.25) is 4.79 Å². The molecule has 0 amide bonds. The third-order valence-corrected chi connectivity index (χ3v) is 3.44. The summed E-state index contributed by atoms with van der Waals surface area (Å²) in [5.41, 5.74) is 6.98. The first kappa shape index (κ1) is 19.5. The van der Waals surface area contributed by atoms with E-state index in [1.807, 2.05) is 26.8 Å². The minimum Gasteiger partial charge on any atom is -0.478 e. The molecule has 2 aromatic carbocycles. The average molecular weight is 357 g/mol. The van der Waals surface area contributed by atoms with E-state index in [1.165, 1.54) is 12.1 Å². The fourth-order valence-electron chi connectivity index (χ4n) is 2.34. The Kier molecular flexibility index (Phi) is 6.00. The average Bonchev–Trinajstić information content (AvgIpc) is 2.55. The monoisotopic (exact) mass is 357 g/mol. The van der Waals surface area contributed by atoms with Crippen LogP contribution in [-0.2, 0) is 22.5 Å². The molecule has 0 bridgehead atoms. The highest BCUT2D eigenvalue weighted by Gasteiger charge is 2.17. The first-order chi connectivity index (χ1) is 12.2. The molecule has 0 heterocycles. The maximum Gasteiger partial charge on any atom is 0.335 e. The van der Waals surface area contributed by atoms with Crippen molar-refractivity contribution in [3.63, 3.8) is 0 Å². The predicted octanol–water partition coefficient (Wildman–Crippen LogP) is 3.52. The van der Waals surface area contributed by atoms with Crippen molar-refractivity contribution in [1.29, 1.82) is 0 Å². The molecule has 0 fully saturated rings. The summed E-state index contributed by atoms with van der Waals surface area (Å²) in [4.78, 5) is 22.8. The molecule has 0 aliphatic rings. The number of rotatable bonds is 6. The number of carbonyl (C=O) groups is 2. The number of aromatic carboxylic acids is 1. The van der Waals surface area contributed by atoms with Crippen LogP contribution in [0.3, 0.4) is 0 Å². The summed E-state index contributed by atoms with van der Waals surface area (Å²) >= 11 is 0. The Bertz CT molecular complexity index is 791. The van der Waals surface area contributed by atoms with Crippen LogP contribution in [0, 0.1) is 0 Å². The fourth-order valence-corrected chi connectivity index (χ4v) is 2.34. The van der Waals surface area contributed by atoms with Gasteiger partial charge in [-0.2, -0.15) is 0 Å². The number of benzene rings is 2. The summed E-state index contributed by atoms with van der Waals surface area (Å²) in [6.45, 7) is 5.71. The first-order valence-corrected chi connectivity index (χ1v) is 8.23. The highest BCUT2D eigenvalue weighted by Crippen LogP contribution is 2.27. The van der Waals surface area contributed by atoms with Crippen LogP contribution in [-0.4, -0.2) is 22.6 Å². The van der Waals surface area contributed by atoms with Gasteiger partial charge in [-0.05, 0) is 56.7 Å². The Morgan fingerprint density at radius 2 is 1.73 bits per heavy atom. The Balaban J connectivity index is 2.13. The molecule has 0 atom stereocenters. The van der Waals surface area contributed by atoms with Gasteiger partial charge >= 0.3 is 11.9 Å². The lowest BCUT2D eigenvalue weighted by molar-refractivity contribution is -0.153. The Morgan fingerprint density at radius 3 is 2.27 bits per heavy atom. The van der Waals surface area contributed by atoms with E-state index >= 15 is 0 Å². The SMILES string of the molecule is CC(C)(C)OC(=O)Cc1ccc(Oc2ccc(C(=O)O)cc2)c(CN)c1. The lowest BCUT2D eigenvalue weighted by atomic mass is 10.1. The molecule has 2 rings (SSSR count). The zero-order valence-electron chi connectivity index (χ0n) is 15.1. The van der Waals surface area contributed by atoms with Crippen LogP contribution >= 0.6 is 0 Å². The van der Waals surface area contributed by atoms with Crippen molar-refractivity contribution in [1.82, 2.24) is 0 Å². The van der Waals surface area contributed by atoms with Gasteiger partial charge in [0, 0.05) is 12.1 Å². The molecular formula is C20H23NO5. The number of carboxylic acids is 1. The summed E-state index contributed by atoms with van der Waals surface area (Å²) in [5.74, 6) is -0.239. The molecule has 3 N–H and O–H groups in total. The number of carbonyl (C=O) groups excluding carboxylic acids is 1. The van der Waals surface area contributed by atoms with Gasteiger partial charge in [0.05, 0.1) is 12.0 Å². The van der Waals surface area contributed by atoms with E-state index in [-0.39, 0.29) is 24.5 Å². The Hall–Kier alpha value is -2.86. The van der Waals surface area contributed by atoms with Crippen molar-refractivity contribution in [2.45, 2.75) is 39.3 Å². The second-order valence-corrected chi connectivity index (χ2v) is 6.84.